The Morgan fingerprint density at radius 3 is 1.75 bits per heavy atom. The lowest BCUT2D eigenvalue weighted by Crippen LogP contribution is -2.43. The molecule has 1 heteroatoms. The first kappa shape index (κ1) is 12.4. The third-order valence-corrected chi connectivity index (χ3v) is 5.14. The molecule has 0 radical (unpaired) electrons. The Kier molecular flexibility index (Phi) is 4.69. The van der Waals surface area contributed by atoms with Crippen LogP contribution in [0, 0.1) is 11.8 Å². The van der Waals surface area contributed by atoms with Gasteiger partial charge in [0.05, 0.1) is 0 Å². The van der Waals surface area contributed by atoms with Crippen LogP contribution in [0.4, 0.5) is 0 Å². The molecule has 0 bridgehead atoms. The van der Waals surface area contributed by atoms with Crippen molar-refractivity contribution in [2.45, 2.75) is 71.3 Å². The van der Waals surface area contributed by atoms with Gasteiger partial charge < -0.3 is 4.90 Å². The summed E-state index contributed by atoms with van der Waals surface area (Å²) in [5.74, 6) is 2.08. The molecule has 1 aliphatic heterocycles. The summed E-state index contributed by atoms with van der Waals surface area (Å²) < 4.78 is 0. The molecule has 2 fully saturated rings. The first-order chi connectivity index (χ1) is 7.83. The van der Waals surface area contributed by atoms with Gasteiger partial charge in [0.15, 0.2) is 0 Å². The van der Waals surface area contributed by atoms with Crippen LogP contribution in [0.1, 0.15) is 65.2 Å². The van der Waals surface area contributed by atoms with E-state index in [1.165, 1.54) is 64.5 Å². The molecule has 0 atom stereocenters. The van der Waals surface area contributed by atoms with Crippen LogP contribution in [0.2, 0.25) is 0 Å². The van der Waals surface area contributed by atoms with Crippen LogP contribution in [0.5, 0.6) is 0 Å². The molecule has 2 rings (SSSR count). The fourth-order valence-electron chi connectivity index (χ4n) is 3.64. The van der Waals surface area contributed by atoms with Crippen molar-refractivity contribution in [2.24, 2.45) is 11.8 Å². The van der Waals surface area contributed by atoms with Crippen LogP contribution in [-0.2, 0) is 0 Å². The molecular formula is C15H29N. The predicted molar refractivity (Wildman–Crippen MR) is 70.6 cm³/mol. The van der Waals surface area contributed by atoms with Crippen molar-refractivity contribution < 1.29 is 0 Å². The van der Waals surface area contributed by atoms with E-state index in [-0.39, 0.29) is 0 Å². The number of likely N-dealkylation sites (tertiary alicyclic amines) is 1. The zero-order valence-electron chi connectivity index (χ0n) is 11.3. The molecule has 1 heterocycles. The minimum Gasteiger partial charge on any atom is -0.300 e. The molecular weight excluding hydrogens is 194 g/mol. The smallest absolute Gasteiger partial charge is 0.00954 e. The van der Waals surface area contributed by atoms with Gasteiger partial charge in [0.2, 0.25) is 0 Å². The fourth-order valence-corrected chi connectivity index (χ4v) is 3.64. The Morgan fingerprint density at radius 2 is 1.25 bits per heavy atom. The Bertz CT molecular complexity index is 164. The van der Waals surface area contributed by atoms with Crippen molar-refractivity contribution >= 4 is 0 Å². The van der Waals surface area contributed by atoms with Gasteiger partial charge >= 0.3 is 0 Å². The average molecular weight is 223 g/mol. The van der Waals surface area contributed by atoms with Crippen LogP contribution < -0.4 is 0 Å². The first-order valence-corrected chi connectivity index (χ1v) is 7.57. The summed E-state index contributed by atoms with van der Waals surface area (Å²) in [7, 11) is 0. The SMILES string of the molecule is CCC1CCC(N2CCC(CC)CC2)CC1. The molecule has 16 heavy (non-hydrogen) atoms. The predicted octanol–water partition coefficient (Wildman–Crippen LogP) is 4.08. The molecule has 0 amide bonds. The summed E-state index contributed by atoms with van der Waals surface area (Å²) >= 11 is 0. The van der Waals surface area contributed by atoms with Crippen molar-refractivity contribution in [3.8, 4) is 0 Å². The van der Waals surface area contributed by atoms with Crippen molar-refractivity contribution in [3.05, 3.63) is 0 Å². The maximum atomic E-state index is 2.80. The van der Waals surface area contributed by atoms with E-state index in [4.69, 9.17) is 0 Å². The maximum absolute atomic E-state index is 2.80. The average Bonchev–Trinajstić information content (AvgIpc) is 2.39. The van der Waals surface area contributed by atoms with E-state index >= 15 is 0 Å². The van der Waals surface area contributed by atoms with Crippen LogP contribution >= 0.6 is 0 Å². The quantitative estimate of drug-likeness (QED) is 0.697. The summed E-state index contributed by atoms with van der Waals surface area (Å²) in [4.78, 5) is 2.80. The number of hydrogen-bond donors (Lipinski definition) is 0. The van der Waals surface area contributed by atoms with Gasteiger partial charge in [-0.3, -0.25) is 0 Å². The molecule has 1 aliphatic carbocycles. The van der Waals surface area contributed by atoms with Crippen LogP contribution in [-0.4, -0.2) is 24.0 Å². The molecule has 2 aliphatic rings. The lowest BCUT2D eigenvalue weighted by atomic mass is 9.82. The van der Waals surface area contributed by atoms with Crippen molar-refractivity contribution in [3.63, 3.8) is 0 Å². The van der Waals surface area contributed by atoms with Crippen LogP contribution in [0.3, 0.4) is 0 Å². The zero-order valence-corrected chi connectivity index (χ0v) is 11.3. The third kappa shape index (κ3) is 3.00. The van der Waals surface area contributed by atoms with Gasteiger partial charge in [0.25, 0.3) is 0 Å². The van der Waals surface area contributed by atoms with Gasteiger partial charge in [0.1, 0.15) is 0 Å². The second-order valence-electron chi connectivity index (χ2n) is 5.97. The monoisotopic (exact) mass is 223 g/mol. The minimum absolute atomic E-state index is 0.945. The van der Waals surface area contributed by atoms with Gasteiger partial charge in [-0.15, -0.1) is 0 Å². The summed E-state index contributed by atoms with van der Waals surface area (Å²) in [6.45, 7) is 7.49. The molecule has 0 N–H and O–H groups in total. The van der Waals surface area contributed by atoms with Gasteiger partial charge in [0, 0.05) is 6.04 Å². The highest BCUT2D eigenvalue weighted by atomic mass is 15.2. The largest absolute Gasteiger partial charge is 0.300 e. The van der Waals surface area contributed by atoms with E-state index in [9.17, 15) is 0 Å². The highest BCUT2D eigenvalue weighted by Crippen LogP contribution is 2.31. The lowest BCUT2D eigenvalue weighted by molar-refractivity contribution is 0.0929. The van der Waals surface area contributed by atoms with Crippen molar-refractivity contribution in [1.29, 1.82) is 0 Å². The summed E-state index contributed by atoms with van der Waals surface area (Å²) in [5, 5.41) is 0. The molecule has 0 aromatic rings. The highest BCUT2D eigenvalue weighted by Gasteiger charge is 2.27. The van der Waals surface area contributed by atoms with Crippen molar-refractivity contribution in [2.75, 3.05) is 13.1 Å². The van der Waals surface area contributed by atoms with E-state index in [0.29, 0.717) is 0 Å². The van der Waals surface area contributed by atoms with Gasteiger partial charge in [-0.2, -0.15) is 0 Å². The highest BCUT2D eigenvalue weighted by molar-refractivity contribution is 4.82. The van der Waals surface area contributed by atoms with E-state index in [0.717, 1.165) is 17.9 Å². The summed E-state index contributed by atoms with van der Waals surface area (Å²) in [6.07, 6.45) is 11.7. The number of piperidine rings is 1. The van der Waals surface area contributed by atoms with Gasteiger partial charge in [-0.1, -0.05) is 26.7 Å². The maximum Gasteiger partial charge on any atom is 0.00954 e. The topological polar surface area (TPSA) is 3.24 Å². The third-order valence-electron chi connectivity index (χ3n) is 5.14. The molecule has 1 saturated heterocycles. The molecule has 1 saturated carbocycles. The normalized spacial score (nSPS) is 34.1. The molecule has 0 unspecified atom stereocenters. The van der Waals surface area contributed by atoms with E-state index in [1.807, 2.05) is 0 Å². The Balaban J connectivity index is 1.73. The summed E-state index contributed by atoms with van der Waals surface area (Å²) in [5.41, 5.74) is 0. The number of hydrogen-bond acceptors (Lipinski definition) is 1. The molecule has 0 aromatic carbocycles. The number of rotatable bonds is 3. The Labute approximate surface area is 102 Å². The standard InChI is InChI=1S/C15H29N/c1-3-13-5-7-15(8-6-13)16-11-9-14(4-2)10-12-16/h13-15H,3-12H2,1-2H3. The molecule has 0 spiro atoms. The van der Waals surface area contributed by atoms with E-state index in [1.54, 1.807) is 0 Å². The first-order valence-electron chi connectivity index (χ1n) is 7.57. The second-order valence-corrected chi connectivity index (χ2v) is 5.97. The molecule has 0 aromatic heterocycles. The lowest BCUT2D eigenvalue weighted by Gasteiger charge is -2.40. The van der Waals surface area contributed by atoms with Crippen molar-refractivity contribution in [1.82, 2.24) is 4.90 Å². The van der Waals surface area contributed by atoms with Crippen LogP contribution in [0.15, 0.2) is 0 Å². The fraction of sp³-hybridized carbons (Fsp3) is 1.00. The van der Waals surface area contributed by atoms with Gasteiger partial charge in [-0.25, -0.2) is 0 Å². The summed E-state index contributed by atoms with van der Waals surface area (Å²) in [6, 6.07) is 0.945. The van der Waals surface area contributed by atoms with E-state index in [2.05, 4.69) is 18.7 Å². The van der Waals surface area contributed by atoms with E-state index < -0.39 is 0 Å². The number of nitrogens with zero attached hydrogens (tertiary/aromatic N) is 1. The Hall–Kier alpha value is -0.0400. The van der Waals surface area contributed by atoms with Gasteiger partial charge in [-0.05, 0) is 63.5 Å². The molecule has 1 nitrogen and oxygen atoms in total. The molecule has 94 valence electrons. The zero-order chi connectivity index (χ0) is 11.4. The second kappa shape index (κ2) is 6.05. The van der Waals surface area contributed by atoms with Crippen LogP contribution in [0.25, 0.3) is 0 Å². The minimum atomic E-state index is 0.945. The Morgan fingerprint density at radius 1 is 0.750 bits per heavy atom.